The van der Waals surface area contributed by atoms with E-state index >= 15 is 0 Å². The lowest BCUT2D eigenvalue weighted by atomic mass is 9.56. The van der Waals surface area contributed by atoms with Gasteiger partial charge >= 0.3 is 1.43 Å². The Bertz CT molecular complexity index is 1180. The first-order chi connectivity index (χ1) is 15.3. The molecule has 34 heavy (non-hydrogen) atoms. The van der Waals surface area contributed by atoms with Gasteiger partial charge in [0.15, 0.2) is 17.3 Å². The zero-order valence-electron chi connectivity index (χ0n) is 20.2. The molecule has 0 heterocycles. The Kier molecular flexibility index (Phi) is 6.23. The highest BCUT2D eigenvalue weighted by Gasteiger charge is 2.66. The first kappa shape index (κ1) is 25.5. The van der Waals surface area contributed by atoms with Gasteiger partial charge in [0, 0.05) is 31.3 Å². The summed E-state index contributed by atoms with van der Waals surface area (Å²) >= 11 is 0. The van der Waals surface area contributed by atoms with Gasteiger partial charge in [-0.15, -0.1) is 0 Å². The van der Waals surface area contributed by atoms with Gasteiger partial charge in [0.05, 0.1) is 11.6 Å². The van der Waals surface area contributed by atoms with Crippen molar-refractivity contribution in [2.24, 2.45) is 17.6 Å². The highest BCUT2D eigenvalue weighted by Crippen LogP contribution is 2.52. The van der Waals surface area contributed by atoms with Crippen molar-refractivity contribution in [2.45, 2.75) is 24.5 Å². The number of anilines is 1. The van der Waals surface area contributed by atoms with E-state index in [9.17, 15) is 34.8 Å². The normalized spacial score (nSPS) is 29.8. The van der Waals surface area contributed by atoms with E-state index in [4.69, 9.17) is 5.73 Å². The summed E-state index contributed by atoms with van der Waals surface area (Å²) in [5, 5.41) is 42.9. The second kappa shape index (κ2) is 8.30. The maximum Gasteiger partial charge on any atom is 1.00 e. The summed E-state index contributed by atoms with van der Waals surface area (Å²) in [5.74, 6) is -6.64. The summed E-state index contributed by atoms with van der Waals surface area (Å²) in [4.78, 5) is 43.2. The van der Waals surface area contributed by atoms with Gasteiger partial charge < -0.3 is 43.5 Å². The number of benzene rings is 1. The van der Waals surface area contributed by atoms with Crippen LogP contribution in [-0.2, 0) is 20.8 Å². The van der Waals surface area contributed by atoms with Gasteiger partial charge in [0.25, 0.3) is 0 Å². The lowest BCUT2D eigenvalue weighted by Crippen LogP contribution is -3.00. The molecular formula is C23H28ClN3O7. The molecule has 3 aliphatic rings. The van der Waals surface area contributed by atoms with Crippen molar-refractivity contribution < 1.29 is 48.6 Å². The second-order valence-corrected chi connectivity index (χ2v) is 9.31. The third-order valence-corrected chi connectivity index (χ3v) is 7.05. The number of aliphatic hydroxyl groups is 3. The number of aliphatic hydroxyl groups excluding tert-OH is 2. The molecule has 11 heteroatoms. The summed E-state index contributed by atoms with van der Waals surface area (Å²) in [7, 11) is 6.74. The zero-order valence-corrected chi connectivity index (χ0v) is 19.9. The Labute approximate surface area is 203 Å². The number of nitrogens with zero attached hydrogens (tertiary/aromatic N) is 2. The Morgan fingerprint density at radius 3 is 2.26 bits per heavy atom. The topological polar surface area (TPSA) is 165 Å². The predicted octanol–water partition coefficient (Wildman–Crippen LogP) is -2.85. The lowest BCUT2D eigenvalue weighted by molar-refractivity contribution is -0.165. The number of phenols is 1. The molecule has 184 valence electrons. The number of carbonyl (C=O) groups is 3. The number of hydrogen-bond acceptors (Lipinski definition) is 10. The Morgan fingerprint density at radius 2 is 1.74 bits per heavy atom. The van der Waals surface area contributed by atoms with Crippen LogP contribution in [0.5, 0.6) is 5.75 Å². The van der Waals surface area contributed by atoms with E-state index in [0.717, 1.165) is 5.69 Å². The third kappa shape index (κ3) is 3.20. The molecular weight excluding hydrogens is 466 g/mol. The molecule has 0 radical (unpaired) electrons. The fraction of sp³-hybridized carbons (Fsp3) is 0.435. The van der Waals surface area contributed by atoms with Crippen molar-refractivity contribution in [3.63, 3.8) is 0 Å². The molecule has 0 unspecified atom stereocenters. The largest absolute Gasteiger partial charge is 1.00 e. The molecule has 1 aromatic carbocycles. The molecule has 6 N–H and O–H groups in total. The molecule has 3 aliphatic carbocycles. The molecule has 0 saturated heterocycles. The number of carbonyl (C=O) groups excluding carboxylic acids is 3. The van der Waals surface area contributed by atoms with Crippen molar-refractivity contribution in [1.82, 2.24) is 4.90 Å². The molecule has 0 bridgehead atoms. The molecule has 0 amide bonds. The van der Waals surface area contributed by atoms with Crippen molar-refractivity contribution in [1.29, 1.82) is 0 Å². The Hall–Kier alpha value is -3.08. The SMILES string of the molecule is CN(C)c1ccc(O)c2c1C[C@H]1C[C@H]3[C@H](N(C)C)C(=O)/C(=C(\N)O)C(=O)[C@@]3(O)C(=O)C1=C2O.[Cl-].[H+]. The number of aromatic hydroxyl groups is 1. The minimum atomic E-state index is -2.70. The Balaban J connectivity index is 0.00000216. The van der Waals surface area contributed by atoms with Gasteiger partial charge in [-0.2, -0.15) is 0 Å². The van der Waals surface area contributed by atoms with E-state index in [-0.39, 0.29) is 43.6 Å². The molecule has 4 rings (SSSR count). The van der Waals surface area contributed by atoms with Crippen LogP contribution in [0.4, 0.5) is 5.69 Å². The van der Waals surface area contributed by atoms with Gasteiger partial charge in [-0.05, 0) is 50.6 Å². The Morgan fingerprint density at radius 1 is 1.12 bits per heavy atom. The molecule has 0 aliphatic heterocycles. The summed E-state index contributed by atoms with van der Waals surface area (Å²) in [6.45, 7) is 0. The number of phenolic OH excluding ortho intramolecular Hbond substituents is 1. The standard InChI is InChI=1S/C23H27N3O7.ClH/c1-25(2)12-5-6-13(27)15-10(12)7-9-8-11-17(26(3)4)19(29)16(22(24)32)21(31)23(11,33)20(30)14(9)18(15)28;/h5-6,9,11,17,27-28,32-33H,7-8,24H2,1-4H3;1H/b22-16-;/t9-,11-,17-,23-;/m0./s1. The van der Waals surface area contributed by atoms with E-state index in [1.165, 1.54) is 11.0 Å². The van der Waals surface area contributed by atoms with E-state index in [1.807, 2.05) is 4.90 Å². The van der Waals surface area contributed by atoms with Crippen LogP contribution >= 0.6 is 0 Å². The minimum absolute atomic E-state index is 0. The number of halogens is 1. The van der Waals surface area contributed by atoms with Crippen LogP contribution in [0.15, 0.2) is 29.2 Å². The van der Waals surface area contributed by atoms with Gasteiger partial charge in [0.2, 0.25) is 11.6 Å². The van der Waals surface area contributed by atoms with E-state index in [1.54, 1.807) is 34.3 Å². The van der Waals surface area contributed by atoms with Gasteiger partial charge in [-0.1, -0.05) is 0 Å². The second-order valence-electron chi connectivity index (χ2n) is 9.31. The van der Waals surface area contributed by atoms with E-state index in [2.05, 4.69) is 0 Å². The fourth-order valence-electron chi connectivity index (χ4n) is 5.63. The molecule has 2 saturated carbocycles. The fourth-order valence-corrected chi connectivity index (χ4v) is 5.63. The third-order valence-electron chi connectivity index (χ3n) is 7.05. The molecule has 2 fully saturated rings. The summed E-state index contributed by atoms with van der Waals surface area (Å²) in [6, 6.07) is 2.00. The smallest absolute Gasteiger partial charge is 1.00 e. The van der Waals surface area contributed by atoms with Gasteiger partial charge in [-0.25, -0.2) is 0 Å². The number of ketones is 3. The average Bonchev–Trinajstić information content (AvgIpc) is 2.70. The van der Waals surface area contributed by atoms with Crippen LogP contribution in [0.3, 0.4) is 0 Å². The molecule has 0 aromatic heterocycles. The number of fused-ring (bicyclic) bond motifs is 3. The van der Waals surface area contributed by atoms with Crippen LogP contribution in [0.25, 0.3) is 5.76 Å². The lowest BCUT2D eigenvalue weighted by Gasteiger charge is -2.50. The van der Waals surface area contributed by atoms with Crippen molar-refractivity contribution >= 4 is 28.8 Å². The maximum absolute atomic E-state index is 13.7. The number of Topliss-reactive ketones (excluding diaryl/α,β-unsaturated/α-hetero) is 3. The van der Waals surface area contributed by atoms with Crippen LogP contribution in [0.2, 0.25) is 0 Å². The molecule has 0 spiro atoms. The van der Waals surface area contributed by atoms with Crippen LogP contribution in [-0.4, -0.2) is 82.5 Å². The summed E-state index contributed by atoms with van der Waals surface area (Å²) in [6.07, 6.45) is 0.296. The molecule has 4 atom stereocenters. The van der Waals surface area contributed by atoms with Crippen molar-refractivity contribution in [3.8, 4) is 5.75 Å². The highest BCUT2D eigenvalue weighted by molar-refractivity contribution is 6.35. The summed E-state index contributed by atoms with van der Waals surface area (Å²) in [5.41, 5.74) is 3.11. The van der Waals surface area contributed by atoms with Gasteiger partial charge in [0.1, 0.15) is 17.1 Å². The van der Waals surface area contributed by atoms with Gasteiger partial charge in [-0.3, -0.25) is 19.3 Å². The number of hydrogen-bond donors (Lipinski definition) is 5. The molecule has 1 aromatic rings. The quantitative estimate of drug-likeness (QED) is 0.125. The van der Waals surface area contributed by atoms with Crippen LogP contribution < -0.4 is 23.0 Å². The number of nitrogens with two attached hydrogens (primary N) is 1. The highest BCUT2D eigenvalue weighted by atomic mass is 35.5. The first-order valence-electron chi connectivity index (χ1n) is 10.5. The van der Waals surface area contributed by atoms with Crippen molar-refractivity contribution in [3.05, 3.63) is 40.3 Å². The monoisotopic (exact) mass is 493 g/mol. The minimum Gasteiger partial charge on any atom is -1.00 e. The van der Waals surface area contributed by atoms with Crippen molar-refractivity contribution in [2.75, 3.05) is 33.1 Å². The van der Waals surface area contributed by atoms with E-state index in [0.29, 0.717) is 5.56 Å². The number of likely N-dealkylation sites (N-methyl/N-ethyl adjacent to an activating group) is 1. The van der Waals surface area contributed by atoms with E-state index < -0.39 is 58.0 Å². The summed E-state index contributed by atoms with van der Waals surface area (Å²) < 4.78 is 0. The predicted molar refractivity (Wildman–Crippen MR) is 120 cm³/mol. The average molecular weight is 494 g/mol. The zero-order chi connectivity index (χ0) is 24.6. The van der Waals surface area contributed by atoms with Crippen LogP contribution in [0.1, 0.15) is 19.0 Å². The number of rotatable bonds is 2. The van der Waals surface area contributed by atoms with Crippen LogP contribution in [0, 0.1) is 11.8 Å². The first-order valence-corrected chi connectivity index (χ1v) is 10.5. The maximum atomic E-state index is 13.7. The molecule has 10 nitrogen and oxygen atoms in total.